The first-order valence-corrected chi connectivity index (χ1v) is 7.96. The fraction of sp³-hybridized carbons (Fsp3) is 0.0714. The molecule has 0 atom stereocenters. The van der Waals surface area contributed by atoms with Crippen molar-refractivity contribution in [2.24, 2.45) is 0 Å². The summed E-state index contributed by atoms with van der Waals surface area (Å²) in [5.41, 5.74) is -5.08. The predicted molar refractivity (Wildman–Crippen MR) is 79.1 cm³/mol. The molecule has 0 saturated heterocycles. The van der Waals surface area contributed by atoms with Gasteiger partial charge in [0.05, 0.1) is 15.6 Å². The highest BCUT2D eigenvalue weighted by atomic mass is 35.5. The Bertz CT molecular complexity index is 833. The Morgan fingerprint density at radius 3 is 2.09 bits per heavy atom. The highest BCUT2D eigenvalue weighted by Crippen LogP contribution is 2.30. The molecular weight excluding hydrogens is 355 g/mol. The number of para-hydroxylation sites is 1. The lowest BCUT2D eigenvalue weighted by atomic mass is 10.2. The van der Waals surface area contributed by atoms with Crippen LogP contribution < -0.4 is 5.32 Å². The van der Waals surface area contributed by atoms with Crippen molar-refractivity contribution in [1.29, 1.82) is 0 Å². The normalized spacial score (nSPS) is 12.0. The van der Waals surface area contributed by atoms with Gasteiger partial charge in [0.1, 0.15) is 0 Å². The van der Waals surface area contributed by atoms with Gasteiger partial charge in [0, 0.05) is 5.56 Å². The maximum atomic E-state index is 12.4. The van der Waals surface area contributed by atoms with Crippen LogP contribution in [0.4, 0.5) is 18.9 Å². The second-order valence-corrected chi connectivity index (χ2v) is 6.76. The van der Waals surface area contributed by atoms with Crippen LogP contribution in [-0.2, 0) is 9.84 Å². The van der Waals surface area contributed by atoms with Gasteiger partial charge in [-0.1, -0.05) is 23.7 Å². The van der Waals surface area contributed by atoms with E-state index in [-0.39, 0.29) is 10.6 Å². The zero-order valence-corrected chi connectivity index (χ0v) is 12.8. The molecule has 0 saturated carbocycles. The summed E-state index contributed by atoms with van der Waals surface area (Å²) >= 11 is 5.87. The Hall–Kier alpha value is -2.06. The third-order valence-electron chi connectivity index (χ3n) is 2.85. The first-order chi connectivity index (χ1) is 10.6. The van der Waals surface area contributed by atoms with Crippen LogP contribution in [0.1, 0.15) is 10.4 Å². The third kappa shape index (κ3) is 3.65. The Labute approximate surface area is 134 Å². The molecule has 0 radical (unpaired) electrons. The van der Waals surface area contributed by atoms with E-state index >= 15 is 0 Å². The van der Waals surface area contributed by atoms with Gasteiger partial charge in [-0.3, -0.25) is 4.79 Å². The number of amides is 1. The number of anilines is 1. The van der Waals surface area contributed by atoms with Crippen LogP contribution in [0.15, 0.2) is 53.4 Å². The number of benzene rings is 2. The summed E-state index contributed by atoms with van der Waals surface area (Å²) in [4.78, 5) is 11.1. The highest BCUT2D eigenvalue weighted by molar-refractivity contribution is 7.92. The molecule has 0 aliphatic rings. The van der Waals surface area contributed by atoms with E-state index in [2.05, 4.69) is 5.32 Å². The number of halogens is 4. The van der Waals surface area contributed by atoms with Crippen molar-refractivity contribution in [3.8, 4) is 0 Å². The number of carbonyl (C=O) groups excluding carboxylic acids is 1. The minimum atomic E-state index is -5.44. The number of nitrogens with one attached hydrogen (secondary N) is 1. The smallest absolute Gasteiger partial charge is 0.321 e. The van der Waals surface area contributed by atoms with Gasteiger partial charge < -0.3 is 5.32 Å². The largest absolute Gasteiger partial charge is 0.501 e. The number of hydrogen-bond acceptors (Lipinski definition) is 3. The summed E-state index contributed by atoms with van der Waals surface area (Å²) in [7, 11) is -5.44. The average Bonchev–Trinajstić information content (AvgIpc) is 2.48. The second-order valence-electron chi connectivity index (χ2n) is 4.41. The molecule has 23 heavy (non-hydrogen) atoms. The van der Waals surface area contributed by atoms with E-state index in [1.165, 1.54) is 0 Å². The predicted octanol–water partition coefficient (Wildman–Crippen LogP) is 3.89. The van der Waals surface area contributed by atoms with Crippen LogP contribution in [0.3, 0.4) is 0 Å². The van der Waals surface area contributed by atoms with Crippen molar-refractivity contribution in [3.63, 3.8) is 0 Å². The summed E-state index contributed by atoms with van der Waals surface area (Å²) in [5.74, 6) is -0.631. The van der Waals surface area contributed by atoms with Gasteiger partial charge in [0.15, 0.2) is 0 Å². The number of carbonyl (C=O) groups is 1. The standard InChI is InChI=1S/C14H9ClF3NO3S/c15-11-3-1-2-4-12(11)19-13(20)9-5-7-10(8-6-9)23(21,22)14(16,17)18/h1-8H,(H,19,20). The summed E-state index contributed by atoms with van der Waals surface area (Å²) in [6.07, 6.45) is 0. The topological polar surface area (TPSA) is 63.2 Å². The molecule has 4 nitrogen and oxygen atoms in total. The zero-order valence-electron chi connectivity index (χ0n) is 11.3. The van der Waals surface area contributed by atoms with Gasteiger partial charge in [-0.05, 0) is 36.4 Å². The second kappa shape index (κ2) is 6.21. The molecule has 2 aromatic rings. The summed E-state index contributed by atoms with van der Waals surface area (Å²) in [6.45, 7) is 0. The lowest BCUT2D eigenvalue weighted by molar-refractivity contribution is -0.0436. The lowest BCUT2D eigenvalue weighted by Gasteiger charge is -2.09. The van der Waals surface area contributed by atoms with Crippen molar-refractivity contribution < 1.29 is 26.4 Å². The van der Waals surface area contributed by atoms with Crippen molar-refractivity contribution in [2.45, 2.75) is 10.4 Å². The van der Waals surface area contributed by atoms with Crippen molar-refractivity contribution in [3.05, 3.63) is 59.1 Å². The molecule has 2 rings (SSSR count). The van der Waals surface area contributed by atoms with E-state index in [1.807, 2.05) is 0 Å². The van der Waals surface area contributed by atoms with Gasteiger partial charge in [-0.2, -0.15) is 13.2 Å². The maximum Gasteiger partial charge on any atom is 0.501 e. The maximum absolute atomic E-state index is 12.4. The molecule has 0 aliphatic heterocycles. The lowest BCUT2D eigenvalue weighted by Crippen LogP contribution is -2.23. The molecule has 0 spiro atoms. The number of rotatable bonds is 3. The molecule has 0 fully saturated rings. The Morgan fingerprint density at radius 2 is 1.57 bits per heavy atom. The zero-order chi connectivity index (χ0) is 17.3. The van der Waals surface area contributed by atoms with Crippen LogP contribution in [0.5, 0.6) is 0 Å². The quantitative estimate of drug-likeness (QED) is 0.900. The molecule has 0 aromatic heterocycles. The van der Waals surface area contributed by atoms with Crippen LogP contribution in [0, 0.1) is 0 Å². The van der Waals surface area contributed by atoms with Crippen LogP contribution in [0.2, 0.25) is 5.02 Å². The summed E-state index contributed by atoms with van der Waals surface area (Å²) in [5, 5.41) is 2.76. The molecule has 0 aliphatic carbocycles. The minimum absolute atomic E-state index is 0.00829. The molecule has 0 unspecified atom stereocenters. The monoisotopic (exact) mass is 363 g/mol. The molecule has 0 bridgehead atoms. The van der Waals surface area contributed by atoms with E-state index < -0.39 is 26.1 Å². The van der Waals surface area contributed by atoms with E-state index in [9.17, 15) is 26.4 Å². The molecule has 0 heterocycles. The first-order valence-electron chi connectivity index (χ1n) is 6.10. The molecule has 9 heteroatoms. The fourth-order valence-electron chi connectivity index (χ4n) is 1.68. The van der Waals surface area contributed by atoms with E-state index in [1.54, 1.807) is 24.3 Å². The fourth-order valence-corrected chi connectivity index (χ4v) is 2.62. The first kappa shape index (κ1) is 17.3. The van der Waals surface area contributed by atoms with Crippen molar-refractivity contribution >= 4 is 33.0 Å². The van der Waals surface area contributed by atoms with Gasteiger partial charge in [0.2, 0.25) is 0 Å². The minimum Gasteiger partial charge on any atom is -0.321 e. The number of hydrogen-bond donors (Lipinski definition) is 1. The Morgan fingerprint density at radius 1 is 1.00 bits per heavy atom. The summed E-state index contributed by atoms with van der Waals surface area (Å²) in [6, 6.07) is 9.83. The summed E-state index contributed by atoms with van der Waals surface area (Å²) < 4.78 is 59.7. The van der Waals surface area contributed by atoms with Gasteiger partial charge in [-0.15, -0.1) is 0 Å². The van der Waals surface area contributed by atoms with Crippen molar-refractivity contribution in [1.82, 2.24) is 0 Å². The molecule has 1 N–H and O–H groups in total. The molecular formula is C14H9ClF3NO3S. The van der Waals surface area contributed by atoms with Gasteiger partial charge in [-0.25, -0.2) is 8.42 Å². The molecule has 1 amide bonds. The third-order valence-corrected chi connectivity index (χ3v) is 4.69. The van der Waals surface area contributed by atoms with E-state index in [0.717, 1.165) is 24.3 Å². The number of alkyl halides is 3. The van der Waals surface area contributed by atoms with Gasteiger partial charge in [0.25, 0.3) is 15.7 Å². The van der Waals surface area contributed by atoms with Crippen LogP contribution in [0.25, 0.3) is 0 Å². The van der Waals surface area contributed by atoms with Crippen LogP contribution >= 0.6 is 11.6 Å². The average molecular weight is 364 g/mol. The van der Waals surface area contributed by atoms with Crippen molar-refractivity contribution in [2.75, 3.05) is 5.32 Å². The Balaban J connectivity index is 2.24. The van der Waals surface area contributed by atoms with E-state index in [4.69, 9.17) is 11.6 Å². The SMILES string of the molecule is O=C(Nc1ccccc1Cl)c1ccc(S(=O)(=O)C(F)(F)F)cc1. The molecule has 2 aromatic carbocycles. The number of sulfone groups is 1. The van der Waals surface area contributed by atoms with E-state index in [0.29, 0.717) is 5.69 Å². The van der Waals surface area contributed by atoms with Crippen LogP contribution in [-0.4, -0.2) is 19.8 Å². The molecule has 122 valence electrons. The highest BCUT2D eigenvalue weighted by Gasteiger charge is 2.46. The Kier molecular flexibility index (Phi) is 4.67. The van der Waals surface area contributed by atoms with Gasteiger partial charge >= 0.3 is 5.51 Å².